The quantitative estimate of drug-likeness (QED) is 0.196. The van der Waals surface area contributed by atoms with Crippen molar-refractivity contribution in [2.24, 2.45) is 0 Å². The Hall–Kier alpha value is -3.93. The summed E-state index contributed by atoms with van der Waals surface area (Å²) in [6, 6.07) is 17.6. The summed E-state index contributed by atoms with van der Waals surface area (Å²) in [5, 5.41) is 13.1. The van der Waals surface area contributed by atoms with E-state index in [1.165, 1.54) is 23.1 Å². The van der Waals surface area contributed by atoms with E-state index in [1.54, 1.807) is 19.5 Å². The van der Waals surface area contributed by atoms with Crippen LogP contribution >= 0.6 is 34.7 Å². The Morgan fingerprint density at radius 1 is 1.02 bits per heavy atom. The first kappa shape index (κ1) is 28.2. The van der Waals surface area contributed by atoms with E-state index in [9.17, 15) is 4.79 Å². The number of hydrogen-bond acceptors (Lipinski definition) is 9. The molecule has 0 atom stereocenters. The molecule has 5 aromatic rings. The maximum absolute atomic E-state index is 13.3. The van der Waals surface area contributed by atoms with Crippen LogP contribution in [0.5, 0.6) is 5.75 Å². The number of hydrogen-bond donors (Lipinski definition) is 0. The zero-order chi connectivity index (χ0) is 29.1. The molecule has 3 aromatic heterocycles. The largest absolute Gasteiger partial charge is 0.495 e. The van der Waals surface area contributed by atoms with Gasteiger partial charge in [0.05, 0.1) is 24.2 Å². The van der Waals surface area contributed by atoms with Gasteiger partial charge in [0, 0.05) is 54.5 Å². The highest BCUT2D eigenvalue weighted by atomic mass is 35.5. The van der Waals surface area contributed by atoms with Crippen LogP contribution in [0, 0.1) is 6.92 Å². The molecule has 1 aliphatic heterocycles. The summed E-state index contributed by atoms with van der Waals surface area (Å²) in [5.74, 6) is 2.05. The summed E-state index contributed by atoms with van der Waals surface area (Å²) in [7, 11) is 1.68. The van der Waals surface area contributed by atoms with Gasteiger partial charge in [0.15, 0.2) is 11.0 Å². The second-order valence-electron chi connectivity index (χ2n) is 9.67. The number of ether oxygens (including phenoxy) is 1. The number of pyridine rings is 1. The van der Waals surface area contributed by atoms with Crippen molar-refractivity contribution >= 4 is 46.3 Å². The zero-order valence-corrected chi connectivity index (χ0v) is 25.5. The highest BCUT2D eigenvalue weighted by molar-refractivity contribution is 7.98. The molecule has 0 aliphatic carbocycles. The summed E-state index contributed by atoms with van der Waals surface area (Å²) < 4.78 is 7.53. The molecule has 42 heavy (non-hydrogen) atoms. The first-order chi connectivity index (χ1) is 20.5. The van der Waals surface area contributed by atoms with Crippen molar-refractivity contribution in [1.82, 2.24) is 29.6 Å². The molecule has 0 N–H and O–H groups in total. The maximum atomic E-state index is 13.3. The fraction of sp³-hybridized carbons (Fsp3) is 0.233. The molecule has 9 nitrogen and oxygen atoms in total. The molecule has 1 aliphatic rings. The molecule has 0 saturated carbocycles. The molecule has 0 spiro atoms. The normalized spacial score (nSPS) is 13.4. The van der Waals surface area contributed by atoms with E-state index in [0.717, 1.165) is 46.3 Å². The number of rotatable bonds is 8. The lowest BCUT2D eigenvalue weighted by molar-refractivity contribution is 0.0741. The Balaban J connectivity index is 1.16. The molecule has 1 saturated heterocycles. The molecular weight excluding hydrogens is 590 g/mol. The van der Waals surface area contributed by atoms with Crippen molar-refractivity contribution < 1.29 is 9.53 Å². The van der Waals surface area contributed by atoms with Crippen LogP contribution in [0.3, 0.4) is 0 Å². The number of piperazine rings is 1. The van der Waals surface area contributed by atoms with Crippen LogP contribution in [-0.2, 0) is 5.75 Å². The summed E-state index contributed by atoms with van der Waals surface area (Å²) in [6.45, 7) is 4.75. The van der Waals surface area contributed by atoms with Crippen LogP contribution in [0.25, 0.3) is 17.1 Å². The van der Waals surface area contributed by atoms with Crippen molar-refractivity contribution in [2.45, 2.75) is 17.8 Å². The number of thiazole rings is 1. The third-order valence-corrected chi connectivity index (χ3v) is 9.28. The van der Waals surface area contributed by atoms with Gasteiger partial charge in [0.1, 0.15) is 16.5 Å². The summed E-state index contributed by atoms with van der Waals surface area (Å²) in [4.78, 5) is 26.2. The highest BCUT2D eigenvalue weighted by Crippen LogP contribution is 2.33. The second-order valence-corrected chi connectivity index (χ2v) is 12.0. The number of aryl methyl sites for hydroxylation is 1. The fourth-order valence-electron chi connectivity index (χ4n) is 4.90. The second kappa shape index (κ2) is 12.5. The van der Waals surface area contributed by atoms with Crippen molar-refractivity contribution in [3.05, 3.63) is 93.7 Å². The summed E-state index contributed by atoms with van der Waals surface area (Å²) in [5.41, 5.74) is 4.38. The van der Waals surface area contributed by atoms with Gasteiger partial charge in [0.25, 0.3) is 5.91 Å². The highest BCUT2D eigenvalue weighted by Gasteiger charge is 2.25. The minimum Gasteiger partial charge on any atom is -0.495 e. The Labute approximate surface area is 257 Å². The lowest BCUT2D eigenvalue weighted by Gasteiger charge is -2.36. The van der Waals surface area contributed by atoms with Gasteiger partial charge < -0.3 is 14.5 Å². The van der Waals surface area contributed by atoms with Crippen molar-refractivity contribution in [1.29, 1.82) is 0 Å². The lowest BCUT2D eigenvalue weighted by Crippen LogP contribution is -2.49. The number of nitrogens with zero attached hydrogens (tertiary/aromatic N) is 7. The summed E-state index contributed by atoms with van der Waals surface area (Å²) in [6.07, 6.45) is 3.47. The average Bonchev–Trinajstić information content (AvgIpc) is 3.69. The van der Waals surface area contributed by atoms with Gasteiger partial charge in [0.2, 0.25) is 0 Å². The number of halogens is 1. The Kier molecular flexibility index (Phi) is 8.41. The topological polar surface area (TPSA) is 89.3 Å². The van der Waals surface area contributed by atoms with Crippen LogP contribution in [-0.4, -0.2) is 68.8 Å². The molecule has 214 valence electrons. The smallest absolute Gasteiger partial charge is 0.273 e. The number of anilines is 1. The van der Waals surface area contributed by atoms with Crippen LogP contribution in [0.15, 0.2) is 77.5 Å². The number of benzene rings is 2. The molecule has 12 heteroatoms. The fourth-order valence-corrected chi connectivity index (χ4v) is 6.79. The van der Waals surface area contributed by atoms with Crippen LogP contribution in [0.1, 0.15) is 21.1 Å². The van der Waals surface area contributed by atoms with E-state index in [4.69, 9.17) is 21.3 Å². The van der Waals surface area contributed by atoms with Crippen LogP contribution < -0.4 is 9.64 Å². The summed E-state index contributed by atoms with van der Waals surface area (Å²) >= 11 is 9.39. The molecule has 2 aromatic carbocycles. The number of para-hydroxylation sites is 2. The maximum Gasteiger partial charge on any atom is 0.273 e. The van der Waals surface area contributed by atoms with Crippen LogP contribution in [0.4, 0.5) is 5.69 Å². The minimum absolute atomic E-state index is 0.0418. The number of amides is 1. The zero-order valence-electron chi connectivity index (χ0n) is 23.1. The first-order valence-corrected chi connectivity index (χ1v) is 15.6. The number of carbonyl (C=O) groups is 1. The number of thioether (sulfide) groups is 1. The van der Waals surface area contributed by atoms with Crippen molar-refractivity contribution in [3.8, 4) is 22.8 Å². The van der Waals surface area contributed by atoms with Gasteiger partial charge in [-0.3, -0.25) is 14.3 Å². The van der Waals surface area contributed by atoms with Gasteiger partial charge >= 0.3 is 0 Å². The minimum atomic E-state index is -0.0418. The van der Waals surface area contributed by atoms with Gasteiger partial charge in [-0.25, -0.2) is 4.98 Å². The van der Waals surface area contributed by atoms with Gasteiger partial charge in [-0.1, -0.05) is 41.6 Å². The average molecular weight is 618 g/mol. The molecular formula is C30H28ClN7O2S2. The van der Waals surface area contributed by atoms with Crippen LogP contribution in [0.2, 0.25) is 5.02 Å². The van der Waals surface area contributed by atoms with Gasteiger partial charge in [-0.2, -0.15) is 0 Å². The molecule has 1 fully saturated rings. The number of aromatic nitrogens is 5. The van der Waals surface area contributed by atoms with E-state index >= 15 is 0 Å². The van der Waals surface area contributed by atoms with E-state index in [0.29, 0.717) is 40.5 Å². The standard InChI is InChI=1S/C30H28ClN7O2S2/c1-20-7-8-22(31)17-25(20)38-28(21-9-11-32-12-10-21)34-35-30(38)42-19-27-33-23(18-41-27)29(39)37-15-13-36(14-16-37)24-5-3-4-6-26(24)40-2/h3-12,17-18H,13-16,19H2,1-2H3. The number of carbonyl (C=O) groups excluding carboxylic acids is 1. The molecule has 6 rings (SSSR count). The van der Waals surface area contributed by atoms with E-state index in [-0.39, 0.29) is 5.91 Å². The first-order valence-electron chi connectivity index (χ1n) is 13.4. The third-order valence-electron chi connectivity index (χ3n) is 7.07. The van der Waals surface area contributed by atoms with E-state index < -0.39 is 0 Å². The predicted molar refractivity (Wildman–Crippen MR) is 167 cm³/mol. The Morgan fingerprint density at radius 2 is 1.81 bits per heavy atom. The predicted octanol–water partition coefficient (Wildman–Crippen LogP) is 6.01. The third kappa shape index (κ3) is 5.85. The molecule has 4 heterocycles. The Bertz CT molecular complexity index is 1700. The van der Waals surface area contributed by atoms with Gasteiger partial charge in [-0.05, 0) is 48.9 Å². The SMILES string of the molecule is COc1ccccc1N1CCN(C(=O)c2csc(CSc3nnc(-c4ccncc4)n3-c3cc(Cl)ccc3C)n2)CC1. The number of methoxy groups -OCH3 is 1. The van der Waals surface area contributed by atoms with E-state index in [2.05, 4.69) is 26.1 Å². The van der Waals surface area contributed by atoms with Crippen molar-refractivity contribution in [3.63, 3.8) is 0 Å². The molecule has 0 bridgehead atoms. The molecule has 0 unspecified atom stereocenters. The Morgan fingerprint density at radius 3 is 2.60 bits per heavy atom. The lowest BCUT2D eigenvalue weighted by atomic mass is 10.2. The molecule has 1 amide bonds. The van der Waals surface area contributed by atoms with E-state index in [1.807, 2.05) is 70.3 Å². The monoisotopic (exact) mass is 617 g/mol. The molecule has 0 radical (unpaired) electrons. The van der Waals surface area contributed by atoms with Gasteiger partial charge in [-0.15, -0.1) is 21.5 Å². The van der Waals surface area contributed by atoms with Crippen molar-refractivity contribution in [2.75, 3.05) is 38.2 Å².